The van der Waals surface area contributed by atoms with Crippen LogP contribution in [0.4, 0.5) is 0 Å². The van der Waals surface area contributed by atoms with Crippen LogP contribution in [0.15, 0.2) is 59.5 Å². The Balaban J connectivity index is 1.96. The quantitative estimate of drug-likeness (QED) is 0.744. The lowest BCUT2D eigenvalue weighted by atomic mass is 10.00. The van der Waals surface area contributed by atoms with E-state index in [4.69, 9.17) is 4.74 Å². The monoisotopic (exact) mass is 331 g/mol. The third-order valence-electron chi connectivity index (χ3n) is 3.63. The summed E-state index contributed by atoms with van der Waals surface area (Å²) in [5.74, 6) is 1.25. The summed E-state index contributed by atoms with van der Waals surface area (Å²) in [6.45, 7) is 1.65. The SMILES string of the molecule is CN(C)CC(COc1ccc(S(C)=O)cc1)Cc1ccccc1. The molecule has 2 atom stereocenters. The Morgan fingerprint density at radius 1 is 1.04 bits per heavy atom. The summed E-state index contributed by atoms with van der Waals surface area (Å²) in [5, 5.41) is 0. The predicted octanol–water partition coefficient (Wildman–Crippen LogP) is 3.22. The molecule has 0 spiro atoms. The minimum atomic E-state index is -0.946. The highest BCUT2D eigenvalue weighted by Gasteiger charge is 2.12. The maximum Gasteiger partial charge on any atom is 0.119 e. The van der Waals surface area contributed by atoms with Crippen molar-refractivity contribution in [1.82, 2.24) is 4.90 Å². The molecule has 0 radical (unpaired) electrons. The molecule has 0 aliphatic carbocycles. The standard InChI is InChI=1S/C19H25NO2S/c1-20(2)14-17(13-16-7-5-4-6-8-16)15-22-18-9-11-19(12-10-18)23(3)21/h4-12,17H,13-15H2,1-3H3. The Morgan fingerprint density at radius 3 is 2.26 bits per heavy atom. The maximum absolute atomic E-state index is 11.4. The van der Waals surface area contributed by atoms with Crippen molar-refractivity contribution in [2.75, 3.05) is 33.5 Å². The number of hydrogen-bond donors (Lipinski definition) is 0. The van der Waals surface area contributed by atoms with Crippen molar-refractivity contribution in [2.24, 2.45) is 5.92 Å². The van der Waals surface area contributed by atoms with Crippen molar-refractivity contribution in [3.63, 3.8) is 0 Å². The van der Waals surface area contributed by atoms with E-state index in [2.05, 4.69) is 43.3 Å². The lowest BCUT2D eigenvalue weighted by molar-refractivity contribution is 0.209. The van der Waals surface area contributed by atoms with Gasteiger partial charge in [0.05, 0.1) is 6.61 Å². The topological polar surface area (TPSA) is 29.5 Å². The summed E-state index contributed by atoms with van der Waals surface area (Å²) < 4.78 is 17.4. The van der Waals surface area contributed by atoms with E-state index in [1.54, 1.807) is 6.26 Å². The van der Waals surface area contributed by atoms with Gasteiger partial charge in [0.1, 0.15) is 5.75 Å². The highest BCUT2D eigenvalue weighted by Crippen LogP contribution is 2.17. The zero-order valence-electron chi connectivity index (χ0n) is 14.1. The molecule has 23 heavy (non-hydrogen) atoms. The molecule has 0 aliphatic heterocycles. The Bertz CT molecular complexity index is 611. The van der Waals surface area contributed by atoms with Crippen LogP contribution in [0.5, 0.6) is 5.75 Å². The van der Waals surface area contributed by atoms with Crippen LogP contribution in [0.1, 0.15) is 5.56 Å². The lowest BCUT2D eigenvalue weighted by Gasteiger charge is -2.21. The number of benzene rings is 2. The Kier molecular flexibility index (Phi) is 6.81. The largest absolute Gasteiger partial charge is 0.493 e. The molecule has 0 bridgehead atoms. The second-order valence-electron chi connectivity index (χ2n) is 6.05. The molecule has 0 N–H and O–H groups in total. The predicted molar refractivity (Wildman–Crippen MR) is 96.5 cm³/mol. The molecule has 2 aromatic carbocycles. The highest BCUT2D eigenvalue weighted by molar-refractivity contribution is 7.84. The van der Waals surface area contributed by atoms with Gasteiger partial charge >= 0.3 is 0 Å². The fourth-order valence-corrected chi connectivity index (χ4v) is 3.10. The Hall–Kier alpha value is -1.65. The number of hydrogen-bond acceptors (Lipinski definition) is 3. The molecule has 0 saturated carbocycles. The molecule has 0 amide bonds. The molecule has 0 fully saturated rings. The summed E-state index contributed by atoms with van der Waals surface area (Å²) in [4.78, 5) is 3.02. The van der Waals surface area contributed by atoms with Crippen molar-refractivity contribution in [3.05, 3.63) is 60.2 Å². The average Bonchev–Trinajstić information content (AvgIpc) is 2.53. The van der Waals surface area contributed by atoms with Crippen molar-refractivity contribution in [2.45, 2.75) is 11.3 Å². The van der Waals surface area contributed by atoms with Gasteiger partial charge in [-0.1, -0.05) is 30.3 Å². The molecule has 0 saturated heterocycles. The average molecular weight is 331 g/mol. The van der Waals surface area contributed by atoms with Gasteiger partial charge in [0, 0.05) is 34.4 Å². The van der Waals surface area contributed by atoms with Gasteiger partial charge in [-0.2, -0.15) is 0 Å². The van der Waals surface area contributed by atoms with Crippen LogP contribution in [-0.2, 0) is 17.2 Å². The first kappa shape index (κ1) is 17.7. The molecule has 0 heterocycles. The van der Waals surface area contributed by atoms with E-state index in [-0.39, 0.29) is 0 Å². The van der Waals surface area contributed by atoms with Gasteiger partial charge in [-0.05, 0) is 50.3 Å². The van der Waals surface area contributed by atoms with Crippen molar-refractivity contribution >= 4 is 10.8 Å². The summed E-state index contributed by atoms with van der Waals surface area (Å²) in [6.07, 6.45) is 2.68. The van der Waals surface area contributed by atoms with Crippen LogP contribution >= 0.6 is 0 Å². The first-order valence-corrected chi connectivity index (χ1v) is 9.35. The van der Waals surface area contributed by atoms with Gasteiger partial charge in [-0.25, -0.2) is 0 Å². The number of ether oxygens (including phenoxy) is 1. The van der Waals surface area contributed by atoms with Gasteiger partial charge in [-0.3, -0.25) is 4.21 Å². The first-order chi connectivity index (χ1) is 11.0. The van der Waals surface area contributed by atoms with Crippen LogP contribution in [0.2, 0.25) is 0 Å². The third-order valence-corrected chi connectivity index (χ3v) is 4.57. The van der Waals surface area contributed by atoms with E-state index in [9.17, 15) is 4.21 Å². The van der Waals surface area contributed by atoms with Crippen molar-refractivity contribution in [3.8, 4) is 5.75 Å². The lowest BCUT2D eigenvalue weighted by Crippen LogP contribution is -2.28. The third kappa shape index (κ3) is 6.16. The summed E-state index contributed by atoms with van der Waals surface area (Å²) >= 11 is 0. The van der Waals surface area contributed by atoms with Gasteiger partial charge in [-0.15, -0.1) is 0 Å². The first-order valence-electron chi connectivity index (χ1n) is 7.79. The fourth-order valence-electron chi connectivity index (χ4n) is 2.58. The van der Waals surface area contributed by atoms with E-state index in [1.165, 1.54) is 5.56 Å². The number of rotatable bonds is 8. The van der Waals surface area contributed by atoms with Crippen molar-refractivity contribution in [1.29, 1.82) is 0 Å². The van der Waals surface area contributed by atoms with Crippen LogP contribution in [0.25, 0.3) is 0 Å². The van der Waals surface area contributed by atoms with Crippen LogP contribution in [-0.4, -0.2) is 42.6 Å². The molecule has 0 aromatic heterocycles. The second kappa shape index (κ2) is 8.85. The smallest absolute Gasteiger partial charge is 0.119 e. The molecule has 2 aromatic rings. The van der Waals surface area contributed by atoms with Crippen molar-refractivity contribution < 1.29 is 8.95 Å². The molecule has 4 heteroatoms. The molecule has 3 nitrogen and oxygen atoms in total. The molecular formula is C19H25NO2S. The van der Waals surface area contributed by atoms with Gasteiger partial charge in [0.25, 0.3) is 0 Å². The van der Waals surface area contributed by atoms with Gasteiger partial charge in [0.15, 0.2) is 0 Å². The zero-order chi connectivity index (χ0) is 16.7. The fraction of sp³-hybridized carbons (Fsp3) is 0.368. The number of nitrogens with zero attached hydrogens (tertiary/aromatic N) is 1. The van der Waals surface area contributed by atoms with E-state index in [1.807, 2.05) is 30.3 Å². The summed E-state index contributed by atoms with van der Waals surface area (Å²) in [7, 11) is 3.23. The molecule has 2 unspecified atom stereocenters. The summed E-state index contributed by atoms with van der Waals surface area (Å²) in [6, 6.07) is 18.0. The molecule has 124 valence electrons. The highest BCUT2D eigenvalue weighted by atomic mass is 32.2. The zero-order valence-corrected chi connectivity index (χ0v) is 14.9. The van der Waals surface area contributed by atoms with Gasteiger partial charge < -0.3 is 9.64 Å². The second-order valence-corrected chi connectivity index (χ2v) is 7.43. The van der Waals surface area contributed by atoms with Crippen LogP contribution in [0, 0.1) is 5.92 Å². The van der Waals surface area contributed by atoms with Crippen LogP contribution in [0.3, 0.4) is 0 Å². The van der Waals surface area contributed by atoms with E-state index >= 15 is 0 Å². The molecule has 2 rings (SSSR count). The Labute approximate surface area is 141 Å². The van der Waals surface area contributed by atoms with Crippen LogP contribution < -0.4 is 4.74 Å². The normalized spacial score (nSPS) is 13.7. The Morgan fingerprint density at radius 2 is 1.70 bits per heavy atom. The van der Waals surface area contributed by atoms with E-state index in [0.717, 1.165) is 23.6 Å². The van der Waals surface area contributed by atoms with E-state index < -0.39 is 10.8 Å². The van der Waals surface area contributed by atoms with E-state index in [0.29, 0.717) is 12.5 Å². The molecular weight excluding hydrogens is 306 g/mol. The minimum absolute atomic E-state index is 0.424. The maximum atomic E-state index is 11.4. The molecule has 0 aliphatic rings. The summed E-state index contributed by atoms with van der Waals surface area (Å²) in [5.41, 5.74) is 1.33. The van der Waals surface area contributed by atoms with Gasteiger partial charge in [0.2, 0.25) is 0 Å². The minimum Gasteiger partial charge on any atom is -0.493 e.